The van der Waals surface area contributed by atoms with Crippen LogP contribution in [0.25, 0.3) is 0 Å². The summed E-state index contributed by atoms with van der Waals surface area (Å²) in [4.78, 5) is 15.7. The molecule has 4 nitrogen and oxygen atoms in total. The van der Waals surface area contributed by atoms with Crippen molar-refractivity contribution in [3.05, 3.63) is 35.4 Å². The van der Waals surface area contributed by atoms with E-state index in [0.29, 0.717) is 32.7 Å². The van der Waals surface area contributed by atoms with Gasteiger partial charge in [-0.15, -0.1) is 0 Å². The lowest BCUT2D eigenvalue weighted by molar-refractivity contribution is -0.137. The Balaban J connectivity index is 2.00. The van der Waals surface area contributed by atoms with Crippen LogP contribution in [0.1, 0.15) is 15.9 Å². The van der Waals surface area contributed by atoms with Crippen LogP contribution >= 0.6 is 0 Å². The highest BCUT2D eigenvalue weighted by atomic mass is 19.4. The van der Waals surface area contributed by atoms with Crippen LogP contribution in [0.15, 0.2) is 24.3 Å². The number of nitrogens with zero attached hydrogens (tertiary/aromatic N) is 3. The smallest absolute Gasteiger partial charge is 0.336 e. The molecule has 1 saturated heterocycles. The molecule has 1 aromatic rings. The third kappa shape index (κ3) is 3.73. The molecule has 0 N–H and O–H groups in total. The molecule has 1 amide bonds. The van der Waals surface area contributed by atoms with Crippen molar-refractivity contribution in [2.24, 2.45) is 0 Å². The number of halogens is 3. The quantitative estimate of drug-likeness (QED) is 0.784. The molecule has 1 aliphatic heterocycles. The van der Waals surface area contributed by atoms with Crippen LogP contribution in [0.5, 0.6) is 0 Å². The number of carbonyl (C=O) groups excluding carboxylic acids is 1. The van der Waals surface area contributed by atoms with E-state index in [-0.39, 0.29) is 11.5 Å². The summed E-state index contributed by atoms with van der Waals surface area (Å²) in [6.45, 7) is 2.46. The number of rotatable bonds is 2. The van der Waals surface area contributed by atoms with Gasteiger partial charge in [-0.3, -0.25) is 9.69 Å². The van der Waals surface area contributed by atoms with Crippen molar-refractivity contribution in [3.63, 3.8) is 0 Å². The lowest BCUT2D eigenvalue weighted by Gasteiger charge is -2.33. The van der Waals surface area contributed by atoms with Crippen molar-refractivity contribution in [1.29, 1.82) is 5.26 Å². The van der Waals surface area contributed by atoms with Crippen LogP contribution in [0, 0.1) is 11.3 Å². The maximum Gasteiger partial charge on any atom is 0.416 e. The predicted molar refractivity (Wildman–Crippen MR) is 69.4 cm³/mol. The lowest BCUT2D eigenvalue weighted by atomic mass is 10.1. The van der Waals surface area contributed by atoms with Crippen molar-refractivity contribution in [1.82, 2.24) is 9.80 Å². The van der Waals surface area contributed by atoms with E-state index in [1.165, 1.54) is 12.1 Å². The van der Waals surface area contributed by atoms with E-state index >= 15 is 0 Å². The number of hydrogen-bond donors (Lipinski definition) is 0. The van der Waals surface area contributed by atoms with Gasteiger partial charge in [0.2, 0.25) is 0 Å². The summed E-state index contributed by atoms with van der Waals surface area (Å²) in [5, 5.41) is 8.60. The molecule has 2 rings (SSSR count). The SMILES string of the molecule is N#CCN1CCN(C(=O)c2ccc(C(F)(F)F)cc2)CC1. The molecule has 0 spiro atoms. The fraction of sp³-hybridized carbons (Fsp3) is 0.429. The molecule has 21 heavy (non-hydrogen) atoms. The molecular formula is C14H14F3N3O. The van der Waals surface area contributed by atoms with Crippen LogP contribution in [-0.4, -0.2) is 48.4 Å². The molecule has 0 atom stereocenters. The van der Waals surface area contributed by atoms with Crippen molar-refractivity contribution in [3.8, 4) is 6.07 Å². The number of alkyl halides is 3. The van der Waals surface area contributed by atoms with Crippen molar-refractivity contribution in [2.45, 2.75) is 6.18 Å². The van der Waals surface area contributed by atoms with Gasteiger partial charge in [0.15, 0.2) is 0 Å². The highest BCUT2D eigenvalue weighted by Gasteiger charge is 2.30. The van der Waals surface area contributed by atoms with E-state index in [9.17, 15) is 18.0 Å². The molecule has 1 fully saturated rings. The van der Waals surface area contributed by atoms with Crippen molar-refractivity contribution in [2.75, 3.05) is 32.7 Å². The summed E-state index contributed by atoms with van der Waals surface area (Å²) in [7, 11) is 0. The standard InChI is InChI=1S/C14H14F3N3O/c15-14(16,17)12-3-1-11(2-4-12)13(21)20-9-7-19(6-5-18)8-10-20/h1-4H,6-10H2. The fourth-order valence-electron chi connectivity index (χ4n) is 2.19. The van der Waals surface area contributed by atoms with Gasteiger partial charge in [-0.1, -0.05) is 0 Å². The molecule has 0 aromatic heterocycles. The van der Waals surface area contributed by atoms with Gasteiger partial charge in [0.1, 0.15) is 0 Å². The van der Waals surface area contributed by atoms with Gasteiger partial charge in [-0.25, -0.2) is 0 Å². The van der Waals surface area contributed by atoms with Crippen LogP contribution in [0.2, 0.25) is 0 Å². The summed E-state index contributed by atoms with van der Waals surface area (Å²) in [5.41, 5.74) is -0.519. The van der Waals surface area contributed by atoms with Crippen molar-refractivity contribution < 1.29 is 18.0 Å². The van der Waals surface area contributed by atoms with Gasteiger partial charge in [-0.2, -0.15) is 18.4 Å². The molecule has 0 saturated carbocycles. The Morgan fingerprint density at radius 1 is 1.14 bits per heavy atom. The summed E-state index contributed by atoms with van der Waals surface area (Å²) < 4.78 is 37.4. The van der Waals surface area contributed by atoms with E-state index in [2.05, 4.69) is 0 Å². The van der Waals surface area contributed by atoms with Gasteiger partial charge in [-0.05, 0) is 24.3 Å². The molecule has 112 valence electrons. The highest BCUT2D eigenvalue weighted by Crippen LogP contribution is 2.29. The summed E-state index contributed by atoms with van der Waals surface area (Å²) >= 11 is 0. The Morgan fingerprint density at radius 3 is 2.19 bits per heavy atom. The number of hydrogen-bond acceptors (Lipinski definition) is 3. The zero-order chi connectivity index (χ0) is 15.5. The van der Waals surface area contributed by atoms with Gasteiger partial charge < -0.3 is 4.90 Å². The third-order valence-corrected chi connectivity index (χ3v) is 3.41. The second-order valence-electron chi connectivity index (χ2n) is 4.80. The molecule has 0 aliphatic carbocycles. The minimum Gasteiger partial charge on any atom is -0.336 e. The van der Waals surface area contributed by atoms with Gasteiger partial charge in [0.25, 0.3) is 5.91 Å². The normalized spacial score (nSPS) is 16.6. The molecule has 0 radical (unpaired) electrons. The first kappa shape index (κ1) is 15.3. The number of amides is 1. The molecule has 1 aliphatic rings. The Kier molecular flexibility index (Phi) is 4.48. The summed E-state index contributed by atoms with van der Waals surface area (Å²) in [6.07, 6.45) is -4.40. The summed E-state index contributed by atoms with van der Waals surface area (Å²) in [6, 6.07) is 6.28. The first-order valence-corrected chi connectivity index (χ1v) is 6.47. The van der Waals surface area contributed by atoms with Crippen LogP contribution < -0.4 is 0 Å². The molecular weight excluding hydrogens is 283 g/mol. The van der Waals surface area contributed by atoms with Crippen LogP contribution in [0.3, 0.4) is 0 Å². The second-order valence-corrected chi connectivity index (χ2v) is 4.80. The van der Waals surface area contributed by atoms with E-state index in [4.69, 9.17) is 5.26 Å². The largest absolute Gasteiger partial charge is 0.416 e. The maximum absolute atomic E-state index is 12.5. The number of piperazine rings is 1. The molecule has 7 heteroatoms. The first-order valence-electron chi connectivity index (χ1n) is 6.47. The first-order chi connectivity index (χ1) is 9.91. The second kappa shape index (κ2) is 6.14. The third-order valence-electron chi connectivity index (χ3n) is 3.41. The van der Waals surface area contributed by atoms with E-state index in [1.54, 1.807) is 4.90 Å². The monoisotopic (exact) mass is 297 g/mol. The summed E-state index contributed by atoms with van der Waals surface area (Å²) in [5.74, 6) is -0.277. The number of benzene rings is 1. The molecule has 0 bridgehead atoms. The highest BCUT2D eigenvalue weighted by molar-refractivity contribution is 5.94. The average molecular weight is 297 g/mol. The molecule has 1 heterocycles. The Labute approximate surface area is 120 Å². The fourth-order valence-corrected chi connectivity index (χ4v) is 2.19. The van der Waals surface area contributed by atoms with Crippen LogP contribution in [-0.2, 0) is 6.18 Å². The van der Waals surface area contributed by atoms with Gasteiger partial charge in [0.05, 0.1) is 18.2 Å². The average Bonchev–Trinajstić information content (AvgIpc) is 2.47. The topological polar surface area (TPSA) is 47.3 Å². The number of carbonyl (C=O) groups is 1. The Hall–Kier alpha value is -2.07. The number of nitriles is 1. The van der Waals surface area contributed by atoms with E-state index < -0.39 is 11.7 Å². The minimum absolute atomic E-state index is 0.247. The van der Waals surface area contributed by atoms with Crippen LogP contribution in [0.4, 0.5) is 13.2 Å². The zero-order valence-electron chi connectivity index (χ0n) is 11.2. The lowest BCUT2D eigenvalue weighted by Crippen LogP contribution is -2.48. The molecule has 1 aromatic carbocycles. The molecule has 0 unspecified atom stereocenters. The Bertz CT molecular complexity index is 540. The minimum atomic E-state index is -4.40. The van der Waals surface area contributed by atoms with E-state index in [1.807, 2.05) is 11.0 Å². The Morgan fingerprint density at radius 2 is 1.71 bits per heavy atom. The van der Waals surface area contributed by atoms with Gasteiger partial charge in [0, 0.05) is 31.7 Å². The van der Waals surface area contributed by atoms with Gasteiger partial charge >= 0.3 is 6.18 Å². The zero-order valence-corrected chi connectivity index (χ0v) is 11.2. The van der Waals surface area contributed by atoms with Crippen molar-refractivity contribution >= 4 is 5.91 Å². The van der Waals surface area contributed by atoms with E-state index in [0.717, 1.165) is 12.1 Å². The predicted octanol–water partition coefficient (Wildman–Crippen LogP) is 1.99. The maximum atomic E-state index is 12.5.